The molecule has 5 rings (SSSR count). The van der Waals surface area contributed by atoms with Crippen molar-refractivity contribution < 1.29 is 13.6 Å². The first-order chi connectivity index (χ1) is 15.3. The van der Waals surface area contributed by atoms with E-state index in [1.165, 1.54) is 17.3 Å². The molecule has 0 unspecified atom stereocenters. The number of anilines is 1. The minimum absolute atomic E-state index is 0.368. The summed E-state index contributed by atoms with van der Waals surface area (Å²) < 4.78 is 18.7. The van der Waals surface area contributed by atoms with Gasteiger partial charge in [-0.15, -0.1) is 20.4 Å². The van der Waals surface area contributed by atoms with Gasteiger partial charge in [0.15, 0.2) is 10.9 Å². The van der Waals surface area contributed by atoms with Gasteiger partial charge in [0, 0.05) is 13.1 Å². The van der Waals surface area contributed by atoms with Crippen LogP contribution in [0.2, 0.25) is 0 Å². The molecule has 0 bridgehead atoms. The molecule has 10 heteroatoms. The fourth-order valence-electron chi connectivity index (χ4n) is 3.50. The predicted molar refractivity (Wildman–Crippen MR) is 115 cm³/mol. The van der Waals surface area contributed by atoms with Crippen LogP contribution in [0.3, 0.4) is 0 Å². The summed E-state index contributed by atoms with van der Waals surface area (Å²) in [5.74, 6) is 2.73. The van der Waals surface area contributed by atoms with Gasteiger partial charge in [-0.3, -0.25) is 4.57 Å². The number of nitrogens with zero attached hydrogens (tertiary/aromatic N) is 6. The number of ether oxygens (including phenoxy) is 1. The first kappa shape index (κ1) is 19.8. The van der Waals surface area contributed by atoms with Crippen molar-refractivity contribution in [1.29, 1.82) is 0 Å². The molecule has 0 radical (unpaired) electrons. The summed E-state index contributed by atoms with van der Waals surface area (Å²) in [6, 6.07) is 11.9. The van der Waals surface area contributed by atoms with Crippen LogP contribution in [0.4, 0.5) is 5.95 Å². The molecule has 4 aromatic rings. The Morgan fingerprint density at radius 1 is 1.00 bits per heavy atom. The van der Waals surface area contributed by atoms with Gasteiger partial charge in [-0.2, -0.15) is 0 Å². The number of rotatable bonds is 7. The predicted octanol–water partition coefficient (Wildman–Crippen LogP) is 3.60. The van der Waals surface area contributed by atoms with Crippen LogP contribution in [0, 0.1) is 0 Å². The van der Waals surface area contributed by atoms with Crippen molar-refractivity contribution in [1.82, 2.24) is 25.0 Å². The van der Waals surface area contributed by atoms with E-state index in [4.69, 9.17) is 13.6 Å². The Kier molecular flexibility index (Phi) is 5.72. The van der Waals surface area contributed by atoms with Crippen molar-refractivity contribution in [3.05, 3.63) is 54.1 Å². The fourth-order valence-corrected chi connectivity index (χ4v) is 4.28. The van der Waals surface area contributed by atoms with Gasteiger partial charge in [0.25, 0.3) is 5.89 Å². The number of aromatic nitrogens is 5. The molecule has 9 nitrogen and oxygen atoms in total. The summed E-state index contributed by atoms with van der Waals surface area (Å²) in [6.07, 6.45) is 2.49. The Hall–Kier alpha value is -3.11. The summed E-state index contributed by atoms with van der Waals surface area (Å²) in [5.41, 5.74) is 2.32. The molecule has 1 saturated heterocycles. The minimum atomic E-state index is 0.368. The van der Waals surface area contributed by atoms with Crippen LogP contribution in [-0.2, 0) is 16.9 Å². The SMILES string of the molecule is CCc1ccccc1-n1c(SCc2nnc(-c3ccco3)o2)nnc1N1CCOCC1. The molecule has 4 heterocycles. The lowest BCUT2D eigenvalue weighted by atomic mass is 10.1. The van der Waals surface area contributed by atoms with E-state index in [9.17, 15) is 0 Å². The van der Waals surface area contributed by atoms with Crippen LogP contribution in [0.5, 0.6) is 0 Å². The molecule has 1 fully saturated rings. The van der Waals surface area contributed by atoms with Crippen molar-refractivity contribution in [2.45, 2.75) is 24.3 Å². The first-order valence-electron chi connectivity index (χ1n) is 10.2. The number of hydrogen-bond donors (Lipinski definition) is 0. The third-order valence-corrected chi connectivity index (χ3v) is 5.96. The van der Waals surface area contributed by atoms with Gasteiger partial charge in [0.1, 0.15) is 0 Å². The summed E-state index contributed by atoms with van der Waals surface area (Å²) in [6.45, 7) is 5.09. The van der Waals surface area contributed by atoms with Crippen molar-refractivity contribution in [3.8, 4) is 17.3 Å². The normalized spacial score (nSPS) is 14.3. The van der Waals surface area contributed by atoms with Crippen molar-refractivity contribution in [3.63, 3.8) is 0 Å². The van der Waals surface area contributed by atoms with Crippen LogP contribution >= 0.6 is 11.8 Å². The lowest BCUT2D eigenvalue weighted by molar-refractivity contribution is 0.122. The first-order valence-corrected chi connectivity index (χ1v) is 11.2. The maximum atomic E-state index is 5.74. The van der Waals surface area contributed by atoms with E-state index < -0.39 is 0 Å². The number of benzene rings is 1. The molecule has 1 aliphatic rings. The van der Waals surface area contributed by atoms with E-state index in [0.717, 1.165) is 36.3 Å². The summed E-state index contributed by atoms with van der Waals surface area (Å²) in [4.78, 5) is 2.22. The van der Waals surface area contributed by atoms with Crippen LogP contribution < -0.4 is 4.90 Å². The van der Waals surface area contributed by atoms with E-state index in [0.29, 0.717) is 36.5 Å². The molecule has 1 aromatic carbocycles. The molecule has 3 aromatic heterocycles. The zero-order valence-electron chi connectivity index (χ0n) is 17.1. The van der Waals surface area contributed by atoms with Gasteiger partial charge < -0.3 is 18.5 Å². The summed E-state index contributed by atoms with van der Waals surface area (Å²) in [5, 5.41) is 18.0. The van der Waals surface area contributed by atoms with Gasteiger partial charge in [-0.05, 0) is 30.2 Å². The molecular formula is C21H22N6O3S. The standard InChI is InChI=1S/C21H22N6O3S/c1-2-15-6-3-4-7-16(15)27-20(26-9-12-28-13-10-26)24-25-21(27)31-14-18-22-23-19(30-18)17-8-5-11-29-17/h3-8,11H,2,9-10,12-14H2,1H3. The van der Waals surface area contributed by atoms with Crippen molar-refractivity contribution in [2.24, 2.45) is 0 Å². The highest BCUT2D eigenvalue weighted by Gasteiger charge is 2.23. The molecule has 0 spiro atoms. The Morgan fingerprint density at radius 3 is 2.68 bits per heavy atom. The highest BCUT2D eigenvalue weighted by Crippen LogP contribution is 2.31. The third-order valence-electron chi connectivity index (χ3n) is 5.05. The second kappa shape index (κ2) is 8.94. The Bertz CT molecular complexity index is 1130. The molecule has 0 atom stereocenters. The van der Waals surface area contributed by atoms with Gasteiger partial charge in [-0.1, -0.05) is 36.9 Å². The van der Waals surface area contributed by atoms with Gasteiger partial charge >= 0.3 is 0 Å². The molecule has 0 N–H and O–H groups in total. The minimum Gasteiger partial charge on any atom is -0.459 e. The molecule has 160 valence electrons. The third kappa shape index (κ3) is 4.08. The molecule has 1 aliphatic heterocycles. The molecule has 0 aliphatic carbocycles. The topological polar surface area (TPSA) is 95.2 Å². The largest absolute Gasteiger partial charge is 0.459 e. The Morgan fingerprint density at radius 2 is 1.87 bits per heavy atom. The second-order valence-electron chi connectivity index (χ2n) is 6.97. The maximum Gasteiger partial charge on any atom is 0.283 e. The van der Waals surface area contributed by atoms with Crippen molar-refractivity contribution >= 4 is 17.7 Å². The smallest absolute Gasteiger partial charge is 0.283 e. The average molecular weight is 439 g/mol. The Balaban J connectivity index is 1.45. The summed E-state index contributed by atoms with van der Waals surface area (Å²) >= 11 is 1.51. The fraction of sp³-hybridized carbons (Fsp3) is 0.333. The number of furan rings is 1. The van der Waals surface area contributed by atoms with Crippen LogP contribution in [0.1, 0.15) is 18.4 Å². The molecule has 31 heavy (non-hydrogen) atoms. The van der Waals surface area contributed by atoms with Gasteiger partial charge in [-0.25, -0.2) is 0 Å². The zero-order chi connectivity index (χ0) is 21.0. The van der Waals surface area contributed by atoms with Gasteiger partial charge in [0.05, 0.1) is 30.9 Å². The number of para-hydroxylation sites is 1. The van der Waals surface area contributed by atoms with Crippen LogP contribution in [0.25, 0.3) is 17.3 Å². The van der Waals surface area contributed by atoms with E-state index in [1.807, 2.05) is 6.07 Å². The Labute approximate surface area is 183 Å². The van der Waals surface area contributed by atoms with E-state index in [-0.39, 0.29) is 0 Å². The van der Waals surface area contributed by atoms with E-state index in [1.54, 1.807) is 18.4 Å². The zero-order valence-corrected chi connectivity index (χ0v) is 17.9. The second-order valence-corrected chi connectivity index (χ2v) is 7.91. The average Bonchev–Trinajstić information content (AvgIpc) is 3.58. The van der Waals surface area contributed by atoms with Gasteiger partial charge in [0.2, 0.25) is 11.8 Å². The van der Waals surface area contributed by atoms with Crippen molar-refractivity contribution in [2.75, 3.05) is 31.2 Å². The summed E-state index contributed by atoms with van der Waals surface area (Å²) in [7, 11) is 0. The number of aryl methyl sites for hydroxylation is 1. The monoisotopic (exact) mass is 438 g/mol. The quantitative estimate of drug-likeness (QED) is 0.401. The van der Waals surface area contributed by atoms with Crippen LogP contribution in [-0.4, -0.2) is 51.3 Å². The maximum absolute atomic E-state index is 5.74. The van der Waals surface area contributed by atoms with E-state index in [2.05, 4.69) is 55.0 Å². The molecule has 0 amide bonds. The molecule has 0 saturated carbocycles. The highest BCUT2D eigenvalue weighted by atomic mass is 32.2. The van der Waals surface area contributed by atoms with E-state index >= 15 is 0 Å². The number of morpholine rings is 1. The lowest BCUT2D eigenvalue weighted by Gasteiger charge is -2.28. The lowest BCUT2D eigenvalue weighted by Crippen LogP contribution is -2.38. The number of thioether (sulfide) groups is 1. The van der Waals surface area contributed by atoms with Crippen LogP contribution in [0.15, 0.2) is 56.7 Å². The molecular weight excluding hydrogens is 416 g/mol. The highest BCUT2D eigenvalue weighted by molar-refractivity contribution is 7.98. The number of hydrogen-bond acceptors (Lipinski definition) is 9.